The van der Waals surface area contributed by atoms with Gasteiger partial charge in [-0.2, -0.15) is 0 Å². The Kier molecular flexibility index (Phi) is 3.96. The van der Waals surface area contributed by atoms with E-state index < -0.39 is 17.2 Å². The van der Waals surface area contributed by atoms with Crippen LogP contribution in [0.4, 0.5) is 15.2 Å². The van der Waals surface area contributed by atoms with Crippen LogP contribution in [0.1, 0.15) is 19.5 Å². The topological polar surface area (TPSA) is 62.2 Å². The molecule has 20 heavy (non-hydrogen) atoms. The fourth-order valence-electron chi connectivity index (χ4n) is 1.45. The van der Waals surface area contributed by atoms with E-state index >= 15 is 0 Å². The minimum atomic E-state index is -1.10. The van der Waals surface area contributed by atoms with Crippen molar-refractivity contribution in [3.05, 3.63) is 40.1 Å². The smallest absolute Gasteiger partial charge is 0.315 e. The maximum atomic E-state index is 13.6. The Hall–Kier alpha value is -1.66. The number of carboxylic acids is 1. The number of benzene rings is 1. The molecule has 0 unspecified atom stereocenters. The van der Waals surface area contributed by atoms with Gasteiger partial charge in [-0.3, -0.25) is 4.79 Å². The van der Waals surface area contributed by atoms with Gasteiger partial charge >= 0.3 is 5.97 Å². The average Bonchev–Trinajstić information content (AvgIpc) is 2.83. The van der Waals surface area contributed by atoms with Crippen molar-refractivity contribution in [3.63, 3.8) is 0 Å². The van der Waals surface area contributed by atoms with Gasteiger partial charge in [-0.1, -0.05) is 17.7 Å². The number of aliphatic carboxylic acids is 1. The number of rotatable bonds is 4. The molecule has 2 aromatic rings. The van der Waals surface area contributed by atoms with E-state index in [1.165, 1.54) is 23.5 Å². The maximum absolute atomic E-state index is 13.6. The fraction of sp³-hybridized carbons (Fsp3) is 0.231. The number of halogens is 2. The molecule has 0 aliphatic heterocycles. The molecule has 1 aromatic heterocycles. The molecule has 106 valence electrons. The lowest BCUT2D eigenvalue weighted by Crippen LogP contribution is -2.28. The number of para-hydroxylation sites is 1. The molecule has 0 fully saturated rings. The van der Waals surface area contributed by atoms with Crippen LogP contribution < -0.4 is 5.32 Å². The Labute approximate surface area is 124 Å². The van der Waals surface area contributed by atoms with E-state index in [9.17, 15) is 9.18 Å². The lowest BCUT2D eigenvalue weighted by atomic mass is 9.90. The SMILES string of the molecule is CC(C)(C(=O)O)c1csc(Nc2c(F)cccc2Cl)n1. The predicted octanol–water partition coefficient (Wildman–Crippen LogP) is 4.04. The van der Waals surface area contributed by atoms with Gasteiger partial charge in [0.1, 0.15) is 11.2 Å². The molecule has 4 nitrogen and oxygen atoms in total. The highest BCUT2D eigenvalue weighted by atomic mass is 35.5. The van der Waals surface area contributed by atoms with Gasteiger partial charge in [0.25, 0.3) is 0 Å². The zero-order chi connectivity index (χ0) is 14.9. The summed E-state index contributed by atoms with van der Waals surface area (Å²) >= 11 is 7.10. The van der Waals surface area contributed by atoms with Gasteiger partial charge in [-0.25, -0.2) is 9.37 Å². The van der Waals surface area contributed by atoms with E-state index in [1.807, 2.05) is 0 Å². The Balaban J connectivity index is 2.29. The number of nitrogens with one attached hydrogen (secondary N) is 1. The first-order chi connectivity index (χ1) is 9.32. The summed E-state index contributed by atoms with van der Waals surface area (Å²) in [6.45, 7) is 3.12. The van der Waals surface area contributed by atoms with Gasteiger partial charge in [0.2, 0.25) is 0 Å². The van der Waals surface area contributed by atoms with Crippen molar-refractivity contribution in [3.8, 4) is 0 Å². The summed E-state index contributed by atoms with van der Waals surface area (Å²) in [5, 5.41) is 14.2. The molecule has 0 radical (unpaired) electrons. The third kappa shape index (κ3) is 2.76. The van der Waals surface area contributed by atoms with Crippen LogP contribution >= 0.6 is 22.9 Å². The van der Waals surface area contributed by atoms with Crippen molar-refractivity contribution in [2.24, 2.45) is 0 Å². The highest BCUT2D eigenvalue weighted by molar-refractivity contribution is 7.13. The molecule has 2 rings (SSSR count). The van der Waals surface area contributed by atoms with Gasteiger partial charge in [-0.15, -0.1) is 11.3 Å². The average molecular weight is 315 g/mol. The van der Waals surface area contributed by atoms with Crippen LogP contribution in [-0.2, 0) is 10.2 Å². The van der Waals surface area contributed by atoms with Gasteiger partial charge in [0.05, 0.1) is 16.4 Å². The minimum absolute atomic E-state index is 0.128. The largest absolute Gasteiger partial charge is 0.481 e. The van der Waals surface area contributed by atoms with Gasteiger partial charge in [0.15, 0.2) is 5.13 Å². The monoisotopic (exact) mass is 314 g/mol. The molecule has 1 aromatic carbocycles. The molecule has 0 aliphatic carbocycles. The van der Waals surface area contributed by atoms with E-state index in [0.717, 1.165) is 0 Å². The number of hydrogen-bond acceptors (Lipinski definition) is 4. The Morgan fingerprint density at radius 2 is 2.20 bits per heavy atom. The van der Waals surface area contributed by atoms with E-state index in [4.69, 9.17) is 16.7 Å². The summed E-state index contributed by atoms with van der Waals surface area (Å²) in [5.74, 6) is -1.47. The second-order valence-corrected chi connectivity index (χ2v) is 5.96. The zero-order valence-electron chi connectivity index (χ0n) is 10.8. The lowest BCUT2D eigenvalue weighted by molar-refractivity contribution is -0.142. The molecule has 0 spiro atoms. The molecular weight excluding hydrogens is 303 g/mol. The number of aromatic nitrogens is 1. The van der Waals surface area contributed by atoms with Crippen LogP contribution in [0.3, 0.4) is 0 Å². The third-order valence-electron chi connectivity index (χ3n) is 2.87. The molecule has 7 heteroatoms. The lowest BCUT2D eigenvalue weighted by Gasteiger charge is -2.15. The van der Waals surface area contributed by atoms with E-state index in [0.29, 0.717) is 10.8 Å². The summed E-state index contributed by atoms with van der Waals surface area (Å²) in [4.78, 5) is 15.3. The third-order valence-corrected chi connectivity index (χ3v) is 3.95. The van der Waals surface area contributed by atoms with Crippen molar-refractivity contribution in [1.29, 1.82) is 0 Å². The van der Waals surface area contributed by atoms with E-state index in [-0.39, 0.29) is 10.7 Å². The van der Waals surface area contributed by atoms with E-state index in [2.05, 4.69) is 10.3 Å². The van der Waals surface area contributed by atoms with Crippen LogP contribution in [0.25, 0.3) is 0 Å². The summed E-state index contributed by atoms with van der Waals surface area (Å²) in [7, 11) is 0. The fourth-order valence-corrected chi connectivity index (χ4v) is 2.54. The van der Waals surface area contributed by atoms with E-state index in [1.54, 1.807) is 25.3 Å². The Morgan fingerprint density at radius 3 is 2.80 bits per heavy atom. The van der Waals surface area contributed by atoms with Crippen molar-refractivity contribution in [1.82, 2.24) is 4.98 Å². The zero-order valence-corrected chi connectivity index (χ0v) is 12.3. The van der Waals surface area contributed by atoms with Crippen LogP contribution in [0, 0.1) is 5.82 Å². The molecule has 0 saturated carbocycles. The van der Waals surface area contributed by atoms with Gasteiger partial charge in [-0.05, 0) is 26.0 Å². The first-order valence-corrected chi connectivity index (χ1v) is 6.98. The van der Waals surface area contributed by atoms with Crippen LogP contribution in [0.15, 0.2) is 23.6 Å². The predicted molar refractivity (Wildman–Crippen MR) is 77.5 cm³/mol. The quantitative estimate of drug-likeness (QED) is 0.894. The molecule has 0 bridgehead atoms. The molecule has 0 amide bonds. The summed E-state index contributed by atoms with van der Waals surface area (Å²) < 4.78 is 13.6. The van der Waals surface area contributed by atoms with Gasteiger partial charge in [0, 0.05) is 5.38 Å². The number of carbonyl (C=O) groups is 1. The molecule has 0 saturated heterocycles. The second kappa shape index (κ2) is 5.38. The van der Waals surface area contributed by atoms with Crippen LogP contribution in [0.2, 0.25) is 5.02 Å². The van der Waals surface area contributed by atoms with Crippen molar-refractivity contribution >= 4 is 39.7 Å². The number of thiazole rings is 1. The first-order valence-electron chi connectivity index (χ1n) is 5.73. The number of anilines is 2. The van der Waals surface area contributed by atoms with Gasteiger partial charge < -0.3 is 10.4 Å². The first kappa shape index (κ1) is 14.7. The van der Waals surface area contributed by atoms with Crippen LogP contribution in [-0.4, -0.2) is 16.1 Å². The van der Waals surface area contributed by atoms with Crippen molar-refractivity contribution in [2.45, 2.75) is 19.3 Å². The van der Waals surface area contributed by atoms with Crippen molar-refractivity contribution < 1.29 is 14.3 Å². The molecule has 2 N–H and O–H groups in total. The summed E-state index contributed by atoms with van der Waals surface area (Å²) in [5.41, 5.74) is -0.566. The normalized spacial score (nSPS) is 11.4. The molecular formula is C13H12ClFN2O2S. The maximum Gasteiger partial charge on any atom is 0.315 e. The molecule has 0 atom stereocenters. The Bertz CT molecular complexity index is 637. The van der Waals surface area contributed by atoms with Crippen LogP contribution in [0.5, 0.6) is 0 Å². The molecule has 0 aliphatic rings. The highest BCUT2D eigenvalue weighted by Crippen LogP contribution is 2.32. The second-order valence-electron chi connectivity index (χ2n) is 4.69. The van der Waals surface area contributed by atoms with Crippen molar-refractivity contribution in [2.75, 3.05) is 5.32 Å². The minimum Gasteiger partial charge on any atom is -0.481 e. The summed E-state index contributed by atoms with van der Waals surface area (Å²) in [6, 6.07) is 4.34. The number of hydrogen-bond donors (Lipinski definition) is 2. The number of carboxylic acid groups (broad SMARTS) is 1. The highest BCUT2D eigenvalue weighted by Gasteiger charge is 2.32. The number of nitrogens with zero attached hydrogens (tertiary/aromatic N) is 1. The standard InChI is InChI=1S/C13H12ClFN2O2S/c1-13(2,11(18)19)9-6-20-12(16-9)17-10-7(14)4-3-5-8(10)15/h3-6H,1-2H3,(H,16,17)(H,18,19). The molecule has 1 heterocycles. The summed E-state index contributed by atoms with van der Waals surface area (Å²) in [6.07, 6.45) is 0. The Morgan fingerprint density at radius 1 is 1.50 bits per heavy atom.